The number of nitrogens with one attached hydrogen (secondary N) is 2. The van der Waals surface area contributed by atoms with Gasteiger partial charge in [0.15, 0.2) is 0 Å². The Morgan fingerprint density at radius 3 is 3.26 bits per heavy atom. The normalized spacial score (nSPS) is 22.8. The number of H-pyrrole nitrogens is 1. The molecule has 19 heavy (non-hydrogen) atoms. The number of imidazole rings is 1. The van der Waals surface area contributed by atoms with Gasteiger partial charge in [0.1, 0.15) is 0 Å². The molecular weight excluding hydrogens is 242 g/mol. The van der Waals surface area contributed by atoms with Gasteiger partial charge in [0.2, 0.25) is 0 Å². The summed E-state index contributed by atoms with van der Waals surface area (Å²) in [5, 5.41) is 2.97. The van der Waals surface area contributed by atoms with Crippen LogP contribution in [0.3, 0.4) is 0 Å². The van der Waals surface area contributed by atoms with Crippen LogP contribution in [-0.2, 0) is 4.74 Å². The van der Waals surface area contributed by atoms with E-state index in [1.807, 2.05) is 12.1 Å². The van der Waals surface area contributed by atoms with E-state index in [0.717, 1.165) is 24.1 Å². The van der Waals surface area contributed by atoms with E-state index >= 15 is 0 Å². The number of rotatable bonds is 3. The molecule has 0 saturated carbocycles. The van der Waals surface area contributed by atoms with E-state index in [-0.39, 0.29) is 12.0 Å². The van der Waals surface area contributed by atoms with Crippen LogP contribution in [0.5, 0.6) is 0 Å². The molecule has 2 aromatic rings. The van der Waals surface area contributed by atoms with Crippen LogP contribution in [0.2, 0.25) is 0 Å². The third-order valence-corrected chi connectivity index (χ3v) is 3.74. The second-order valence-electron chi connectivity index (χ2n) is 4.97. The van der Waals surface area contributed by atoms with Crippen LogP contribution in [-0.4, -0.2) is 35.1 Å². The standard InChI is InChI=1S/C14H17N3O2/c1-9-11(4-5-19-9)7-15-14(18)10-2-3-12-13(6-10)17-8-16-12/h2-3,6,8-9,11H,4-5,7H2,1H3,(H,15,18)(H,16,17). The Balaban J connectivity index is 1.66. The number of amides is 1. The molecule has 5 nitrogen and oxygen atoms in total. The fraction of sp³-hybridized carbons (Fsp3) is 0.429. The zero-order chi connectivity index (χ0) is 13.2. The number of benzene rings is 1. The molecule has 1 saturated heterocycles. The van der Waals surface area contributed by atoms with Crippen LogP contribution in [0, 0.1) is 5.92 Å². The van der Waals surface area contributed by atoms with Crippen LogP contribution < -0.4 is 5.32 Å². The quantitative estimate of drug-likeness (QED) is 0.882. The first kappa shape index (κ1) is 12.2. The van der Waals surface area contributed by atoms with Crippen molar-refractivity contribution in [3.8, 4) is 0 Å². The highest BCUT2D eigenvalue weighted by Gasteiger charge is 2.24. The van der Waals surface area contributed by atoms with Crippen LogP contribution in [0.4, 0.5) is 0 Å². The van der Waals surface area contributed by atoms with E-state index in [1.54, 1.807) is 12.4 Å². The lowest BCUT2D eigenvalue weighted by atomic mass is 10.0. The van der Waals surface area contributed by atoms with E-state index in [9.17, 15) is 4.79 Å². The van der Waals surface area contributed by atoms with Gasteiger partial charge in [-0.05, 0) is 31.5 Å². The summed E-state index contributed by atoms with van der Waals surface area (Å²) in [5.41, 5.74) is 2.41. The molecule has 1 fully saturated rings. The summed E-state index contributed by atoms with van der Waals surface area (Å²) < 4.78 is 5.49. The second kappa shape index (κ2) is 5.01. The van der Waals surface area contributed by atoms with E-state index in [4.69, 9.17) is 4.74 Å². The number of aromatic amines is 1. The lowest BCUT2D eigenvalue weighted by molar-refractivity contribution is 0.0907. The summed E-state index contributed by atoms with van der Waals surface area (Å²) >= 11 is 0. The number of hydrogen-bond acceptors (Lipinski definition) is 3. The lowest BCUT2D eigenvalue weighted by Gasteiger charge is -2.14. The largest absolute Gasteiger partial charge is 0.378 e. The first-order valence-electron chi connectivity index (χ1n) is 6.57. The zero-order valence-electron chi connectivity index (χ0n) is 10.8. The molecule has 1 amide bonds. The Bertz CT molecular complexity index is 593. The van der Waals surface area contributed by atoms with Crippen LogP contribution in [0.15, 0.2) is 24.5 Å². The van der Waals surface area contributed by atoms with Crippen molar-refractivity contribution in [2.24, 2.45) is 5.92 Å². The topological polar surface area (TPSA) is 67.0 Å². The molecule has 1 aliphatic rings. The maximum atomic E-state index is 12.1. The predicted molar refractivity (Wildman–Crippen MR) is 71.9 cm³/mol. The van der Waals surface area contributed by atoms with Crippen LogP contribution >= 0.6 is 0 Å². The molecule has 2 N–H and O–H groups in total. The maximum Gasteiger partial charge on any atom is 0.251 e. The second-order valence-corrected chi connectivity index (χ2v) is 4.97. The van der Waals surface area contributed by atoms with Gasteiger partial charge in [-0.1, -0.05) is 0 Å². The highest BCUT2D eigenvalue weighted by Crippen LogP contribution is 2.19. The summed E-state index contributed by atoms with van der Waals surface area (Å²) in [7, 11) is 0. The van der Waals surface area contributed by atoms with E-state index in [1.165, 1.54) is 0 Å². The first-order valence-corrected chi connectivity index (χ1v) is 6.57. The van der Waals surface area contributed by atoms with Gasteiger partial charge in [0.05, 0.1) is 23.5 Å². The Kier molecular flexibility index (Phi) is 3.21. The molecule has 2 unspecified atom stereocenters. The SMILES string of the molecule is CC1OCCC1CNC(=O)c1ccc2nc[nH]c2c1. The number of ether oxygens (including phenoxy) is 1. The lowest BCUT2D eigenvalue weighted by Crippen LogP contribution is -2.31. The summed E-state index contributed by atoms with van der Waals surface area (Å²) in [4.78, 5) is 19.2. The van der Waals surface area contributed by atoms with Gasteiger partial charge in [-0.2, -0.15) is 0 Å². The van der Waals surface area contributed by atoms with Gasteiger partial charge in [-0.25, -0.2) is 4.98 Å². The number of hydrogen-bond donors (Lipinski definition) is 2. The summed E-state index contributed by atoms with van der Waals surface area (Å²) in [6, 6.07) is 5.47. The molecule has 2 heterocycles. The summed E-state index contributed by atoms with van der Waals surface area (Å²) in [6.07, 6.45) is 2.88. The fourth-order valence-corrected chi connectivity index (χ4v) is 2.45. The molecule has 5 heteroatoms. The molecule has 0 radical (unpaired) electrons. The van der Waals surface area contributed by atoms with Crippen LogP contribution in [0.1, 0.15) is 23.7 Å². The van der Waals surface area contributed by atoms with Crippen molar-refractivity contribution in [2.45, 2.75) is 19.4 Å². The zero-order valence-corrected chi connectivity index (χ0v) is 10.8. The minimum atomic E-state index is -0.0457. The van der Waals surface area contributed by atoms with Gasteiger partial charge in [0, 0.05) is 24.6 Å². The van der Waals surface area contributed by atoms with Crippen molar-refractivity contribution in [2.75, 3.05) is 13.2 Å². The van der Waals surface area contributed by atoms with Gasteiger partial charge in [-0.15, -0.1) is 0 Å². The fourth-order valence-electron chi connectivity index (χ4n) is 2.45. The number of nitrogens with zero attached hydrogens (tertiary/aromatic N) is 1. The van der Waals surface area contributed by atoms with Gasteiger partial charge in [-0.3, -0.25) is 4.79 Å². The maximum absolute atomic E-state index is 12.1. The van der Waals surface area contributed by atoms with Crippen molar-refractivity contribution >= 4 is 16.9 Å². The van der Waals surface area contributed by atoms with Crippen molar-refractivity contribution in [1.82, 2.24) is 15.3 Å². The van der Waals surface area contributed by atoms with Crippen molar-refractivity contribution < 1.29 is 9.53 Å². The summed E-state index contributed by atoms with van der Waals surface area (Å²) in [6.45, 7) is 3.52. The minimum absolute atomic E-state index is 0.0457. The monoisotopic (exact) mass is 259 g/mol. The van der Waals surface area contributed by atoms with Gasteiger partial charge >= 0.3 is 0 Å². The number of fused-ring (bicyclic) bond motifs is 1. The Labute approximate surface area is 111 Å². The molecule has 0 spiro atoms. The number of aromatic nitrogens is 2. The van der Waals surface area contributed by atoms with Crippen molar-refractivity contribution in [3.63, 3.8) is 0 Å². The minimum Gasteiger partial charge on any atom is -0.378 e. The van der Waals surface area contributed by atoms with Gasteiger partial charge < -0.3 is 15.0 Å². The molecule has 0 aliphatic carbocycles. The van der Waals surface area contributed by atoms with E-state index in [2.05, 4.69) is 22.2 Å². The van der Waals surface area contributed by atoms with E-state index < -0.39 is 0 Å². The third-order valence-electron chi connectivity index (χ3n) is 3.74. The smallest absolute Gasteiger partial charge is 0.251 e. The molecule has 2 atom stereocenters. The average molecular weight is 259 g/mol. The van der Waals surface area contributed by atoms with Crippen molar-refractivity contribution in [3.05, 3.63) is 30.1 Å². The highest BCUT2D eigenvalue weighted by molar-refractivity contribution is 5.97. The van der Waals surface area contributed by atoms with Gasteiger partial charge in [0.25, 0.3) is 5.91 Å². The predicted octanol–water partition coefficient (Wildman–Crippen LogP) is 1.72. The first-order chi connectivity index (χ1) is 9.24. The molecular formula is C14H17N3O2. The number of carbonyl (C=O) groups excluding carboxylic acids is 1. The molecule has 1 aliphatic heterocycles. The molecule has 0 bridgehead atoms. The van der Waals surface area contributed by atoms with E-state index in [0.29, 0.717) is 18.0 Å². The Hall–Kier alpha value is -1.88. The molecule has 100 valence electrons. The number of carbonyl (C=O) groups is 1. The van der Waals surface area contributed by atoms with Crippen molar-refractivity contribution in [1.29, 1.82) is 0 Å². The summed E-state index contributed by atoms with van der Waals surface area (Å²) in [5.74, 6) is 0.371. The third kappa shape index (κ3) is 2.46. The average Bonchev–Trinajstić information content (AvgIpc) is 3.03. The Morgan fingerprint density at radius 1 is 1.58 bits per heavy atom. The highest BCUT2D eigenvalue weighted by atomic mass is 16.5. The molecule has 1 aromatic heterocycles. The van der Waals surface area contributed by atoms with Crippen LogP contribution in [0.25, 0.3) is 11.0 Å². The Morgan fingerprint density at radius 2 is 2.47 bits per heavy atom. The molecule has 3 rings (SSSR count). The molecule has 1 aromatic carbocycles.